The number of ether oxygens (including phenoxy) is 1. The predicted octanol–water partition coefficient (Wildman–Crippen LogP) is 3.11. The SMILES string of the molecule is CN=C(NCc1cccc(C(=O)NCC2CCCO2)c1)N(C)Cc1ccc(C)cc1. The van der Waals surface area contributed by atoms with Crippen LogP contribution < -0.4 is 10.6 Å². The number of nitrogens with zero attached hydrogens (tertiary/aromatic N) is 2. The highest BCUT2D eigenvalue weighted by Crippen LogP contribution is 2.12. The van der Waals surface area contributed by atoms with E-state index in [1.807, 2.05) is 31.3 Å². The van der Waals surface area contributed by atoms with Gasteiger partial charge in [0.15, 0.2) is 5.96 Å². The number of aliphatic imine (C=N–C) groups is 1. The van der Waals surface area contributed by atoms with Gasteiger partial charge in [-0.1, -0.05) is 42.0 Å². The lowest BCUT2D eigenvalue weighted by atomic mass is 10.1. The molecule has 0 spiro atoms. The molecule has 2 aromatic carbocycles. The molecule has 1 saturated heterocycles. The molecule has 30 heavy (non-hydrogen) atoms. The van der Waals surface area contributed by atoms with Crippen molar-refractivity contribution in [2.24, 2.45) is 4.99 Å². The molecular weight excluding hydrogens is 376 g/mol. The minimum atomic E-state index is -0.0618. The first-order valence-electron chi connectivity index (χ1n) is 10.5. The van der Waals surface area contributed by atoms with E-state index in [0.29, 0.717) is 18.7 Å². The van der Waals surface area contributed by atoms with Gasteiger partial charge in [0, 0.05) is 45.9 Å². The van der Waals surface area contributed by atoms with Gasteiger partial charge < -0.3 is 20.3 Å². The normalized spacial score (nSPS) is 16.4. The molecule has 0 radical (unpaired) electrons. The summed E-state index contributed by atoms with van der Waals surface area (Å²) in [4.78, 5) is 18.9. The number of guanidine groups is 1. The van der Waals surface area contributed by atoms with Crippen LogP contribution in [0.3, 0.4) is 0 Å². The smallest absolute Gasteiger partial charge is 0.251 e. The van der Waals surface area contributed by atoms with Gasteiger partial charge >= 0.3 is 0 Å². The van der Waals surface area contributed by atoms with Crippen molar-refractivity contribution >= 4 is 11.9 Å². The fourth-order valence-electron chi connectivity index (χ4n) is 3.54. The number of amides is 1. The van der Waals surface area contributed by atoms with E-state index in [9.17, 15) is 4.79 Å². The van der Waals surface area contributed by atoms with Gasteiger partial charge in [-0.3, -0.25) is 9.79 Å². The predicted molar refractivity (Wildman–Crippen MR) is 121 cm³/mol. The fourth-order valence-corrected chi connectivity index (χ4v) is 3.54. The number of aryl methyl sites for hydroxylation is 1. The molecule has 1 atom stereocenters. The van der Waals surface area contributed by atoms with Crippen molar-refractivity contribution in [2.75, 3.05) is 27.2 Å². The molecule has 0 saturated carbocycles. The Labute approximate surface area is 179 Å². The third kappa shape index (κ3) is 6.32. The monoisotopic (exact) mass is 408 g/mol. The maximum atomic E-state index is 12.5. The molecule has 160 valence electrons. The molecular formula is C24H32N4O2. The Kier molecular flexibility index (Phi) is 7.85. The number of rotatable bonds is 7. The lowest BCUT2D eigenvalue weighted by molar-refractivity contribution is 0.0857. The molecule has 0 bridgehead atoms. The van der Waals surface area contributed by atoms with Crippen LogP contribution in [0.5, 0.6) is 0 Å². The lowest BCUT2D eigenvalue weighted by Crippen LogP contribution is -2.38. The van der Waals surface area contributed by atoms with Crippen LogP contribution in [0.2, 0.25) is 0 Å². The van der Waals surface area contributed by atoms with Gasteiger partial charge in [-0.15, -0.1) is 0 Å². The summed E-state index contributed by atoms with van der Waals surface area (Å²) in [6.07, 6.45) is 2.23. The van der Waals surface area contributed by atoms with E-state index in [0.717, 1.165) is 37.5 Å². The molecule has 1 heterocycles. The van der Waals surface area contributed by atoms with Crippen molar-refractivity contribution in [1.29, 1.82) is 0 Å². The topological polar surface area (TPSA) is 66.0 Å². The maximum Gasteiger partial charge on any atom is 0.251 e. The van der Waals surface area contributed by atoms with Gasteiger partial charge in [0.05, 0.1) is 6.10 Å². The standard InChI is InChI=1S/C24H32N4O2/c1-18-9-11-19(12-10-18)17-28(3)24(25-2)27-15-20-6-4-7-21(14-20)23(29)26-16-22-8-5-13-30-22/h4,6-7,9-12,14,22H,5,8,13,15-17H2,1-3H3,(H,25,27)(H,26,29). The molecule has 1 aliphatic heterocycles. The zero-order valence-corrected chi connectivity index (χ0v) is 18.1. The summed E-state index contributed by atoms with van der Waals surface area (Å²) >= 11 is 0. The van der Waals surface area contributed by atoms with E-state index < -0.39 is 0 Å². The second-order valence-corrected chi connectivity index (χ2v) is 7.79. The van der Waals surface area contributed by atoms with Crippen molar-refractivity contribution in [2.45, 2.75) is 39.0 Å². The van der Waals surface area contributed by atoms with Crippen molar-refractivity contribution in [1.82, 2.24) is 15.5 Å². The number of hydrogen-bond acceptors (Lipinski definition) is 3. The molecule has 1 unspecified atom stereocenters. The summed E-state index contributed by atoms with van der Waals surface area (Å²) < 4.78 is 5.57. The average molecular weight is 409 g/mol. The van der Waals surface area contributed by atoms with Gasteiger partial charge in [-0.2, -0.15) is 0 Å². The molecule has 6 nitrogen and oxygen atoms in total. The van der Waals surface area contributed by atoms with Crippen LogP contribution in [0, 0.1) is 6.92 Å². The van der Waals surface area contributed by atoms with E-state index in [-0.39, 0.29) is 12.0 Å². The molecule has 1 fully saturated rings. The minimum Gasteiger partial charge on any atom is -0.376 e. The van der Waals surface area contributed by atoms with Crippen LogP contribution in [0.15, 0.2) is 53.5 Å². The Morgan fingerprint density at radius 2 is 1.97 bits per heavy atom. The summed E-state index contributed by atoms with van der Waals surface area (Å²) in [5.41, 5.74) is 4.18. The van der Waals surface area contributed by atoms with E-state index in [1.54, 1.807) is 7.05 Å². The van der Waals surface area contributed by atoms with E-state index in [2.05, 4.69) is 51.7 Å². The summed E-state index contributed by atoms with van der Waals surface area (Å²) in [7, 11) is 3.80. The van der Waals surface area contributed by atoms with Crippen molar-refractivity contribution in [3.05, 3.63) is 70.8 Å². The van der Waals surface area contributed by atoms with Crippen LogP contribution in [-0.2, 0) is 17.8 Å². The maximum absolute atomic E-state index is 12.5. The zero-order valence-electron chi connectivity index (χ0n) is 18.1. The number of hydrogen-bond donors (Lipinski definition) is 2. The summed E-state index contributed by atoms with van der Waals surface area (Å²) in [5, 5.41) is 6.36. The molecule has 1 amide bonds. The van der Waals surface area contributed by atoms with Gasteiger partial charge in [0.1, 0.15) is 0 Å². The Morgan fingerprint density at radius 1 is 1.17 bits per heavy atom. The molecule has 1 aliphatic rings. The highest BCUT2D eigenvalue weighted by atomic mass is 16.5. The van der Waals surface area contributed by atoms with E-state index >= 15 is 0 Å². The Hall–Kier alpha value is -2.86. The number of benzene rings is 2. The third-order valence-electron chi connectivity index (χ3n) is 5.27. The Morgan fingerprint density at radius 3 is 2.67 bits per heavy atom. The first-order chi connectivity index (χ1) is 14.5. The molecule has 2 N–H and O–H groups in total. The van der Waals surface area contributed by atoms with Crippen LogP contribution in [0.1, 0.15) is 39.9 Å². The molecule has 0 aliphatic carbocycles. The lowest BCUT2D eigenvalue weighted by Gasteiger charge is -2.22. The van der Waals surface area contributed by atoms with Crippen LogP contribution in [0.4, 0.5) is 0 Å². The van der Waals surface area contributed by atoms with Crippen LogP contribution >= 0.6 is 0 Å². The van der Waals surface area contributed by atoms with Gasteiger partial charge in [0.2, 0.25) is 0 Å². The first-order valence-corrected chi connectivity index (χ1v) is 10.5. The van der Waals surface area contributed by atoms with Crippen molar-refractivity contribution in [3.8, 4) is 0 Å². The number of carbonyl (C=O) groups excluding carboxylic acids is 1. The summed E-state index contributed by atoms with van der Waals surface area (Å²) in [6.45, 7) is 4.81. The largest absolute Gasteiger partial charge is 0.376 e. The van der Waals surface area contributed by atoms with Gasteiger partial charge in [-0.25, -0.2) is 0 Å². The van der Waals surface area contributed by atoms with Gasteiger partial charge in [0.25, 0.3) is 5.91 Å². The van der Waals surface area contributed by atoms with Crippen LogP contribution in [0.25, 0.3) is 0 Å². The molecule has 2 aromatic rings. The summed E-state index contributed by atoms with van der Waals surface area (Å²) in [5.74, 6) is 0.747. The Bertz CT molecular complexity index is 858. The Balaban J connectivity index is 1.52. The first kappa shape index (κ1) is 21.8. The van der Waals surface area contributed by atoms with Crippen molar-refractivity contribution < 1.29 is 9.53 Å². The number of carbonyl (C=O) groups is 1. The average Bonchev–Trinajstić information content (AvgIpc) is 3.28. The van der Waals surface area contributed by atoms with Gasteiger partial charge in [-0.05, 0) is 43.0 Å². The molecule has 6 heteroatoms. The quantitative estimate of drug-likeness (QED) is 0.546. The molecule has 3 rings (SSSR count). The second-order valence-electron chi connectivity index (χ2n) is 7.79. The fraction of sp³-hybridized carbons (Fsp3) is 0.417. The minimum absolute atomic E-state index is 0.0618. The summed E-state index contributed by atoms with van der Waals surface area (Å²) in [6, 6.07) is 16.2. The highest BCUT2D eigenvalue weighted by Gasteiger charge is 2.16. The van der Waals surface area contributed by atoms with Crippen LogP contribution in [-0.4, -0.2) is 50.1 Å². The molecule has 0 aromatic heterocycles. The van der Waals surface area contributed by atoms with Crippen molar-refractivity contribution in [3.63, 3.8) is 0 Å². The zero-order chi connectivity index (χ0) is 21.3. The second kappa shape index (κ2) is 10.8. The highest BCUT2D eigenvalue weighted by molar-refractivity contribution is 5.94. The van der Waals surface area contributed by atoms with E-state index in [4.69, 9.17) is 4.74 Å². The van der Waals surface area contributed by atoms with E-state index in [1.165, 1.54) is 11.1 Å². The number of nitrogens with one attached hydrogen (secondary N) is 2. The third-order valence-corrected chi connectivity index (χ3v) is 5.27.